The second kappa shape index (κ2) is 5.44. The predicted octanol–water partition coefficient (Wildman–Crippen LogP) is 4.45. The zero-order valence-electron chi connectivity index (χ0n) is 11.8. The summed E-state index contributed by atoms with van der Waals surface area (Å²) in [5.74, 6) is -0.408. The number of rotatable bonds is 2. The molecule has 114 valence electrons. The van der Waals surface area contributed by atoms with Crippen LogP contribution in [-0.4, -0.2) is 9.55 Å². The van der Waals surface area contributed by atoms with Gasteiger partial charge in [0.2, 0.25) is 0 Å². The molecule has 0 saturated heterocycles. The summed E-state index contributed by atoms with van der Waals surface area (Å²) in [6.45, 7) is 0.345. The Labute approximate surface area is 139 Å². The van der Waals surface area contributed by atoms with Gasteiger partial charge in [-0.1, -0.05) is 29.8 Å². The molecular formula is C17H10ClFN2OS. The first-order chi connectivity index (χ1) is 11.1. The van der Waals surface area contributed by atoms with E-state index in [1.54, 1.807) is 11.3 Å². The van der Waals surface area contributed by atoms with Crippen LogP contribution in [0.2, 0.25) is 5.02 Å². The molecule has 3 nitrogen and oxygen atoms in total. The van der Waals surface area contributed by atoms with Crippen molar-refractivity contribution in [1.82, 2.24) is 9.55 Å². The zero-order chi connectivity index (χ0) is 16.0. The molecule has 4 rings (SSSR count). The van der Waals surface area contributed by atoms with Gasteiger partial charge in [-0.15, -0.1) is 11.3 Å². The lowest BCUT2D eigenvalue weighted by molar-refractivity contribution is 0.629. The number of hydrogen-bond donors (Lipinski definition) is 0. The topological polar surface area (TPSA) is 34.9 Å². The van der Waals surface area contributed by atoms with Gasteiger partial charge in [-0.05, 0) is 18.2 Å². The Hall–Kier alpha value is -2.24. The van der Waals surface area contributed by atoms with Crippen molar-refractivity contribution in [2.75, 3.05) is 0 Å². The lowest BCUT2D eigenvalue weighted by Gasteiger charge is -2.05. The van der Waals surface area contributed by atoms with Crippen LogP contribution in [-0.2, 0) is 6.54 Å². The summed E-state index contributed by atoms with van der Waals surface area (Å²) < 4.78 is 15.8. The average molecular weight is 345 g/mol. The summed E-state index contributed by atoms with van der Waals surface area (Å²) in [6, 6.07) is 11.8. The molecule has 23 heavy (non-hydrogen) atoms. The highest BCUT2D eigenvalue weighted by molar-refractivity contribution is 7.19. The fourth-order valence-electron chi connectivity index (χ4n) is 2.57. The Morgan fingerprint density at radius 2 is 2.00 bits per heavy atom. The third-order valence-electron chi connectivity index (χ3n) is 3.70. The van der Waals surface area contributed by atoms with Crippen molar-refractivity contribution >= 4 is 43.9 Å². The van der Waals surface area contributed by atoms with Gasteiger partial charge in [0.15, 0.2) is 0 Å². The van der Waals surface area contributed by atoms with Crippen molar-refractivity contribution in [3.05, 3.63) is 74.9 Å². The van der Waals surface area contributed by atoms with Gasteiger partial charge in [0.25, 0.3) is 5.56 Å². The van der Waals surface area contributed by atoms with Crippen LogP contribution in [0.1, 0.15) is 4.88 Å². The molecule has 4 aromatic rings. The van der Waals surface area contributed by atoms with Gasteiger partial charge in [-0.2, -0.15) is 0 Å². The molecule has 0 bridgehead atoms. The molecule has 0 aliphatic rings. The van der Waals surface area contributed by atoms with E-state index in [2.05, 4.69) is 4.98 Å². The van der Waals surface area contributed by atoms with E-state index in [-0.39, 0.29) is 5.56 Å². The van der Waals surface area contributed by atoms with Crippen molar-refractivity contribution < 1.29 is 4.39 Å². The third kappa shape index (κ3) is 2.42. The van der Waals surface area contributed by atoms with Crippen LogP contribution in [0.4, 0.5) is 4.39 Å². The Kier molecular flexibility index (Phi) is 3.39. The zero-order valence-corrected chi connectivity index (χ0v) is 13.4. The number of aromatic nitrogens is 2. The van der Waals surface area contributed by atoms with Gasteiger partial charge in [0.05, 0.1) is 28.8 Å². The van der Waals surface area contributed by atoms with Gasteiger partial charge in [0, 0.05) is 21.0 Å². The molecule has 2 aromatic carbocycles. The van der Waals surface area contributed by atoms with E-state index in [0.29, 0.717) is 22.5 Å². The number of benzene rings is 2. The van der Waals surface area contributed by atoms with E-state index >= 15 is 0 Å². The molecule has 0 fully saturated rings. The molecule has 2 aromatic heterocycles. The first-order valence-electron chi connectivity index (χ1n) is 6.94. The van der Waals surface area contributed by atoms with Gasteiger partial charge in [0.1, 0.15) is 5.82 Å². The number of thiophene rings is 1. The van der Waals surface area contributed by atoms with Crippen LogP contribution in [0.3, 0.4) is 0 Å². The van der Waals surface area contributed by atoms with Crippen molar-refractivity contribution in [3.8, 4) is 0 Å². The van der Waals surface area contributed by atoms with Gasteiger partial charge in [-0.3, -0.25) is 9.36 Å². The molecule has 0 radical (unpaired) electrons. The second-order valence-electron chi connectivity index (χ2n) is 5.17. The van der Waals surface area contributed by atoms with Crippen LogP contribution < -0.4 is 5.56 Å². The molecule has 2 heterocycles. The maximum absolute atomic E-state index is 13.2. The maximum atomic E-state index is 13.2. The second-order valence-corrected chi connectivity index (χ2v) is 6.69. The number of fused-ring (bicyclic) bond motifs is 2. The highest BCUT2D eigenvalue weighted by Gasteiger charge is 2.12. The van der Waals surface area contributed by atoms with E-state index in [9.17, 15) is 9.18 Å². The Balaban J connectivity index is 1.83. The lowest BCUT2D eigenvalue weighted by Crippen LogP contribution is -2.20. The standard InChI is InChI=1S/C17H10ClFN2OS/c18-16-12-3-1-2-4-14(12)23-15(16)8-21-9-20-13-7-10(19)5-6-11(13)17(21)22/h1-7,9H,8H2. The minimum absolute atomic E-state index is 0.205. The van der Waals surface area contributed by atoms with Crippen LogP contribution >= 0.6 is 22.9 Å². The van der Waals surface area contributed by atoms with E-state index in [0.717, 1.165) is 15.0 Å². The summed E-state index contributed by atoms with van der Waals surface area (Å²) in [5, 5.41) is 2.04. The van der Waals surface area contributed by atoms with Crippen molar-refractivity contribution in [1.29, 1.82) is 0 Å². The molecule has 6 heteroatoms. The minimum Gasteiger partial charge on any atom is -0.293 e. The number of hydrogen-bond acceptors (Lipinski definition) is 3. The highest BCUT2D eigenvalue weighted by atomic mass is 35.5. The molecule has 0 aliphatic heterocycles. The lowest BCUT2D eigenvalue weighted by atomic mass is 10.2. The third-order valence-corrected chi connectivity index (χ3v) is 5.40. The monoisotopic (exact) mass is 344 g/mol. The molecule has 0 N–H and O–H groups in total. The van der Waals surface area contributed by atoms with Crippen molar-refractivity contribution in [2.45, 2.75) is 6.54 Å². The summed E-state index contributed by atoms with van der Waals surface area (Å²) in [5.41, 5.74) is 0.150. The summed E-state index contributed by atoms with van der Waals surface area (Å²) in [7, 11) is 0. The van der Waals surface area contributed by atoms with Crippen molar-refractivity contribution in [2.24, 2.45) is 0 Å². The number of nitrogens with zero attached hydrogens (tertiary/aromatic N) is 2. The smallest absolute Gasteiger partial charge is 0.261 e. The molecule has 0 aliphatic carbocycles. The van der Waals surface area contributed by atoms with Crippen LogP contribution in [0, 0.1) is 5.82 Å². The fourth-order valence-corrected chi connectivity index (χ4v) is 4.06. The Bertz CT molecular complexity index is 1100. The first kappa shape index (κ1) is 14.4. The van der Waals surface area contributed by atoms with E-state index in [1.165, 1.54) is 29.1 Å². The van der Waals surface area contributed by atoms with E-state index < -0.39 is 5.82 Å². The number of halogens is 2. The summed E-state index contributed by atoms with van der Waals surface area (Å²) in [4.78, 5) is 17.6. The fraction of sp³-hybridized carbons (Fsp3) is 0.0588. The largest absolute Gasteiger partial charge is 0.293 e. The molecule has 0 spiro atoms. The highest BCUT2D eigenvalue weighted by Crippen LogP contribution is 2.35. The molecule has 0 unspecified atom stereocenters. The normalized spacial score (nSPS) is 11.4. The van der Waals surface area contributed by atoms with Crippen LogP contribution in [0.25, 0.3) is 21.0 Å². The first-order valence-corrected chi connectivity index (χ1v) is 8.13. The Morgan fingerprint density at radius 3 is 2.83 bits per heavy atom. The van der Waals surface area contributed by atoms with E-state index in [1.807, 2.05) is 24.3 Å². The van der Waals surface area contributed by atoms with Crippen molar-refractivity contribution in [3.63, 3.8) is 0 Å². The Morgan fingerprint density at radius 1 is 1.17 bits per heavy atom. The summed E-state index contributed by atoms with van der Waals surface area (Å²) >= 11 is 7.98. The van der Waals surface area contributed by atoms with Crippen LogP contribution in [0.5, 0.6) is 0 Å². The van der Waals surface area contributed by atoms with Crippen LogP contribution in [0.15, 0.2) is 53.6 Å². The molecular weight excluding hydrogens is 335 g/mol. The van der Waals surface area contributed by atoms with Gasteiger partial charge >= 0.3 is 0 Å². The molecule has 0 atom stereocenters. The average Bonchev–Trinajstić information content (AvgIpc) is 2.87. The minimum atomic E-state index is -0.408. The quantitative estimate of drug-likeness (QED) is 0.538. The van der Waals surface area contributed by atoms with Gasteiger partial charge < -0.3 is 0 Å². The summed E-state index contributed by atoms with van der Waals surface area (Å²) in [6.07, 6.45) is 1.44. The molecule has 0 amide bonds. The van der Waals surface area contributed by atoms with Gasteiger partial charge in [-0.25, -0.2) is 9.37 Å². The SMILES string of the molecule is O=c1c2ccc(F)cc2ncn1Cc1sc2ccccc2c1Cl. The predicted molar refractivity (Wildman–Crippen MR) is 91.9 cm³/mol. The molecule has 0 saturated carbocycles. The maximum Gasteiger partial charge on any atom is 0.261 e. The van der Waals surface area contributed by atoms with E-state index in [4.69, 9.17) is 11.6 Å².